The van der Waals surface area contributed by atoms with Gasteiger partial charge in [-0.1, -0.05) is 13.0 Å². The minimum atomic E-state index is -4.58. The third-order valence-electron chi connectivity index (χ3n) is 3.84. The van der Waals surface area contributed by atoms with Crippen molar-refractivity contribution in [2.45, 2.75) is 31.0 Å². The van der Waals surface area contributed by atoms with Gasteiger partial charge in [-0.2, -0.15) is 17.5 Å². The number of nitrogens with two attached hydrogens (primary N) is 1. The molecule has 1 aromatic rings. The van der Waals surface area contributed by atoms with E-state index in [-0.39, 0.29) is 35.5 Å². The van der Waals surface area contributed by atoms with Crippen molar-refractivity contribution < 1.29 is 21.6 Å². The predicted octanol–water partition coefficient (Wildman–Crippen LogP) is 1.98. The summed E-state index contributed by atoms with van der Waals surface area (Å²) in [6, 6.07) is 2.90. The van der Waals surface area contributed by atoms with Crippen molar-refractivity contribution in [3.63, 3.8) is 0 Å². The number of alkyl halides is 3. The van der Waals surface area contributed by atoms with Gasteiger partial charge in [0.25, 0.3) is 0 Å². The van der Waals surface area contributed by atoms with Crippen molar-refractivity contribution in [2.75, 3.05) is 13.1 Å². The molecule has 1 heterocycles. The number of rotatable bonds is 2. The Labute approximate surface area is 121 Å². The van der Waals surface area contributed by atoms with E-state index in [1.165, 1.54) is 13.0 Å². The lowest BCUT2D eigenvalue weighted by Gasteiger charge is -2.19. The van der Waals surface area contributed by atoms with E-state index in [0.29, 0.717) is 0 Å². The Morgan fingerprint density at radius 3 is 2.38 bits per heavy atom. The van der Waals surface area contributed by atoms with Crippen LogP contribution in [-0.4, -0.2) is 31.9 Å². The van der Waals surface area contributed by atoms with Gasteiger partial charge < -0.3 is 5.73 Å². The van der Waals surface area contributed by atoms with Crippen LogP contribution in [0.3, 0.4) is 0 Å². The van der Waals surface area contributed by atoms with Crippen LogP contribution >= 0.6 is 0 Å². The number of halogens is 3. The van der Waals surface area contributed by atoms with Gasteiger partial charge in [0.2, 0.25) is 10.0 Å². The highest BCUT2D eigenvalue weighted by Crippen LogP contribution is 2.35. The molecule has 2 rings (SSSR count). The van der Waals surface area contributed by atoms with E-state index >= 15 is 0 Å². The molecule has 1 aliphatic heterocycles. The molecule has 1 aromatic carbocycles. The number of hydrogen-bond donors (Lipinski definition) is 1. The van der Waals surface area contributed by atoms with Gasteiger partial charge in [0.1, 0.15) is 0 Å². The van der Waals surface area contributed by atoms with Crippen LogP contribution in [0.2, 0.25) is 0 Å². The molecule has 1 fully saturated rings. The van der Waals surface area contributed by atoms with Crippen LogP contribution in [-0.2, 0) is 16.2 Å². The summed E-state index contributed by atoms with van der Waals surface area (Å²) in [6.45, 7) is 3.34. The first-order chi connectivity index (χ1) is 9.55. The highest BCUT2D eigenvalue weighted by atomic mass is 32.2. The molecular formula is C13H17F3N2O2S. The summed E-state index contributed by atoms with van der Waals surface area (Å²) in [5.74, 6) is -0.0223. The molecule has 21 heavy (non-hydrogen) atoms. The predicted molar refractivity (Wildman–Crippen MR) is 72.1 cm³/mol. The zero-order valence-electron chi connectivity index (χ0n) is 11.7. The molecule has 0 saturated carbocycles. The van der Waals surface area contributed by atoms with Crippen molar-refractivity contribution in [1.82, 2.24) is 4.31 Å². The average molecular weight is 322 g/mol. The molecule has 0 radical (unpaired) electrons. The molecule has 0 amide bonds. The summed E-state index contributed by atoms with van der Waals surface area (Å²) < 4.78 is 64.9. The van der Waals surface area contributed by atoms with Crippen LogP contribution in [0.4, 0.5) is 13.2 Å². The minimum Gasteiger partial charge on any atom is -0.326 e. The monoisotopic (exact) mass is 322 g/mol. The molecule has 0 bridgehead atoms. The topological polar surface area (TPSA) is 63.4 Å². The molecule has 0 aromatic heterocycles. The Balaban J connectivity index is 2.47. The molecule has 1 saturated heterocycles. The first-order valence-electron chi connectivity index (χ1n) is 6.47. The van der Waals surface area contributed by atoms with Gasteiger partial charge in [-0.3, -0.25) is 0 Å². The van der Waals surface area contributed by atoms with Crippen molar-refractivity contribution >= 4 is 10.0 Å². The second kappa shape index (κ2) is 5.26. The van der Waals surface area contributed by atoms with Crippen LogP contribution in [0.5, 0.6) is 0 Å². The molecule has 2 N–H and O–H groups in total. The summed E-state index contributed by atoms with van der Waals surface area (Å²) in [6.07, 6.45) is -4.58. The zero-order valence-corrected chi connectivity index (χ0v) is 12.5. The largest absolute Gasteiger partial charge is 0.416 e. The van der Waals surface area contributed by atoms with E-state index in [4.69, 9.17) is 5.73 Å². The van der Waals surface area contributed by atoms with Gasteiger partial charge in [-0.05, 0) is 30.5 Å². The van der Waals surface area contributed by atoms with E-state index in [1.54, 1.807) is 0 Å². The van der Waals surface area contributed by atoms with Crippen molar-refractivity contribution in [2.24, 2.45) is 11.7 Å². The Hall–Kier alpha value is -1.12. The standard InChI is InChI=1S/C13H17F3N2O2S/c1-8-6-18(7-11(8)17)21(19,20)12-5-3-4-10(9(12)2)13(14,15)16/h3-5,8,11H,6-7,17H2,1-2H3. The fourth-order valence-electron chi connectivity index (χ4n) is 2.48. The van der Waals surface area contributed by atoms with E-state index in [1.807, 2.05) is 6.92 Å². The van der Waals surface area contributed by atoms with Crippen LogP contribution in [0.25, 0.3) is 0 Å². The molecular weight excluding hydrogens is 305 g/mol. The molecule has 118 valence electrons. The SMILES string of the molecule is Cc1c(C(F)(F)F)cccc1S(=O)(=O)N1CC(C)C(N)C1. The van der Waals surface area contributed by atoms with E-state index in [9.17, 15) is 21.6 Å². The van der Waals surface area contributed by atoms with Gasteiger partial charge in [0.05, 0.1) is 10.5 Å². The Kier molecular flexibility index (Phi) is 4.07. The third-order valence-corrected chi connectivity index (χ3v) is 5.82. The summed E-state index contributed by atoms with van der Waals surface area (Å²) >= 11 is 0. The Morgan fingerprint density at radius 1 is 1.29 bits per heavy atom. The van der Waals surface area contributed by atoms with Crippen LogP contribution < -0.4 is 5.73 Å². The summed E-state index contributed by atoms with van der Waals surface area (Å²) in [5.41, 5.74) is 4.58. The Bertz CT molecular complexity index is 633. The molecule has 4 nitrogen and oxygen atoms in total. The smallest absolute Gasteiger partial charge is 0.326 e. The second-order valence-electron chi connectivity index (χ2n) is 5.39. The number of nitrogens with zero attached hydrogens (tertiary/aromatic N) is 1. The quantitative estimate of drug-likeness (QED) is 0.905. The first kappa shape index (κ1) is 16.3. The van der Waals surface area contributed by atoms with Gasteiger partial charge in [0, 0.05) is 19.1 Å². The molecule has 0 spiro atoms. The van der Waals surface area contributed by atoms with Gasteiger partial charge in [-0.15, -0.1) is 0 Å². The second-order valence-corrected chi connectivity index (χ2v) is 7.30. The number of sulfonamides is 1. The van der Waals surface area contributed by atoms with Crippen molar-refractivity contribution in [3.8, 4) is 0 Å². The van der Waals surface area contributed by atoms with Crippen LogP contribution in [0.1, 0.15) is 18.1 Å². The maximum atomic E-state index is 12.9. The molecule has 0 aliphatic carbocycles. The number of benzene rings is 1. The fraction of sp³-hybridized carbons (Fsp3) is 0.538. The maximum absolute atomic E-state index is 12.9. The lowest BCUT2D eigenvalue weighted by Crippen LogP contribution is -2.32. The highest BCUT2D eigenvalue weighted by Gasteiger charge is 2.39. The van der Waals surface area contributed by atoms with Gasteiger partial charge in [0.15, 0.2) is 0 Å². The summed E-state index contributed by atoms with van der Waals surface area (Å²) in [5, 5.41) is 0. The Morgan fingerprint density at radius 2 is 1.90 bits per heavy atom. The van der Waals surface area contributed by atoms with E-state index < -0.39 is 21.8 Å². The lowest BCUT2D eigenvalue weighted by atomic mass is 10.1. The molecule has 2 atom stereocenters. The lowest BCUT2D eigenvalue weighted by molar-refractivity contribution is -0.138. The summed E-state index contributed by atoms with van der Waals surface area (Å²) in [4.78, 5) is -0.307. The van der Waals surface area contributed by atoms with Gasteiger partial charge in [-0.25, -0.2) is 8.42 Å². The van der Waals surface area contributed by atoms with E-state index in [0.717, 1.165) is 16.4 Å². The minimum absolute atomic E-state index is 0.0223. The summed E-state index contributed by atoms with van der Waals surface area (Å²) in [7, 11) is -3.96. The number of hydrogen-bond acceptors (Lipinski definition) is 3. The van der Waals surface area contributed by atoms with Crippen molar-refractivity contribution in [3.05, 3.63) is 29.3 Å². The van der Waals surface area contributed by atoms with E-state index in [2.05, 4.69) is 0 Å². The molecule has 8 heteroatoms. The van der Waals surface area contributed by atoms with Crippen LogP contribution in [0, 0.1) is 12.8 Å². The molecule has 1 aliphatic rings. The third kappa shape index (κ3) is 2.93. The zero-order chi connectivity index (χ0) is 16.0. The van der Waals surface area contributed by atoms with Crippen LogP contribution in [0.15, 0.2) is 23.1 Å². The van der Waals surface area contributed by atoms with Crippen molar-refractivity contribution in [1.29, 1.82) is 0 Å². The molecule has 2 unspecified atom stereocenters. The average Bonchev–Trinajstić information content (AvgIpc) is 2.69. The van der Waals surface area contributed by atoms with Gasteiger partial charge >= 0.3 is 6.18 Å². The normalized spacial score (nSPS) is 24.5. The fourth-order valence-corrected chi connectivity index (χ4v) is 4.31. The maximum Gasteiger partial charge on any atom is 0.416 e. The first-order valence-corrected chi connectivity index (χ1v) is 7.91. The highest BCUT2D eigenvalue weighted by molar-refractivity contribution is 7.89.